The Kier molecular flexibility index (Phi) is 4.53. The van der Waals surface area contributed by atoms with E-state index in [1.807, 2.05) is 48.5 Å². The minimum atomic E-state index is -0.833. The Hall–Kier alpha value is -2.82. The molecule has 2 aliphatic rings. The zero-order chi connectivity index (χ0) is 20.0. The van der Waals surface area contributed by atoms with E-state index in [2.05, 4.69) is 0 Å². The van der Waals surface area contributed by atoms with Crippen LogP contribution in [0.1, 0.15) is 33.9 Å². The molecule has 0 fully saturated rings. The van der Waals surface area contributed by atoms with E-state index in [9.17, 15) is 4.79 Å². The summed E-state index contributed by atoms with van der Waals surface area (Å²) in [7, 11) is 0. The summed E-state index contributed by atoms with van der Waals surface area (Å²) in [5, 5.41) is 7.83. The van der Waals surface area contributed by atoms with Gasteiger partial charge in [-0.3, -0.25) is 4.79 Å². The second-order valence-corrected chi connectivity index (χ2v) is 7.91. The van der Waals surface area contributed by atoms with E-state index in [1.54, 1.807) is 29.3 Å². The predicted molar refractivity (Wildman–Crippen MR) is 114 cm³/mol. The number of benzene rings is 3. The number of hydrogen-bond donors (Lipinski definition) is 0. The second kappa shape index (κ2) is 7.21. The topological polar surface area (TPSA) is 41.9 Å². The summed E-state index contributed by atoms with van der Waals surface area (Å²) in [4.78, 5) is 13.3. The molecule has 0 N–H and O–H groups in total. The monoisotopic (exact) mass is 422 g/mol. The Balaban J connectivity index is 1.55. The zero-order valence-corrected chi connectivity index (χ0v) is 16.8. The number of Topliss-reactive ketones (excluding diaryl/α,β-unsaturated/α-hetero) is 1. The maximum atomic E-state index is 13.3. The molecular weight excluding hydrogens is 407 g/mol. The van der Waals surface area contributed by atoms with E-state index in [0.29, 0.717) is 27.8 Å². The summed E-state index contributed by atoms with van der Waals surface area (Å²) in [6, 6.07) is 22.2. The van der Waals surface area contributed by atoms with Crippen LogP contribution in [0.3, 0.4) is 0 Å². The molecule has 5 rings (SSSR count). The fourth-order valence-electron chi connectivity index (χ4n) is 3.78. The third kappa shape index (κ3) is 3.28. The number of hydrazone groups is 1. The van der Waals surface area contributed by atoms with Crippen LogP contribution in [0.2, 0.25) is 10.0 Å². The number of ketones is 1. The number of halogens is 2. The first-order valence-electron chi connectivity index (χ1n) is 9.27. The molecule has 4 nitrogen and oxygen atoms in total. The zero-order valence-electron chi connectivity index (χ0n) is 15.3. The van der Waals surface area contributed by atoms with E-state index in [-0.39, 0.29) is 11.8 Å². The van der Waals surface area contributed by atoms with Crippen LogP contribution in [0.25, 0.3) is 0 Å². The number of rotatable bonds is 3. The molecule has 2 atom stereocenters. The maximum absolute atomic E-state index is 13.3. The highest BCUT2D eigenvalue weighted by Crippen LogP contribution is 2.43. The molecule has 2 aliphatic heterocycles. The van der Waals surface area contributed by atoms with Crippen molar-refractivity contribution in [3.63, 3.8) is 0 Å². The molecule has 0 aliphatic carbocycles. The van der Waals surface area contributed by atoms with Crippen LogP contribution in [-0.2, 0) is 0 Å². The molecule has 29 heavy (non-hydrogen) atoms. The minimum Gasteiger partial charge on any atom is -0.461 e. The Morgan fingerprint density at radius 2 is 1.59 bits per heavy atom. The molecule has 3 aromatic rings. The summed E-state index contributed by atoms with van der Waals surface area (Å²) in [6.45, 7) is 0. The molecule has 0 amide bonds. The van der Waals surface area contributed by atoms with Gasteiger partial charge in [-0.05, 0) is 48.0 Å². The maximum Gasteiger partial charge on any atom is 0.251 e. The van der Waals surface area contributed by atoms with E-state index < -0.39 is 6.23 Å². The SMILES string of the molecule is O=C(c1ccc(Cl)cc1)[C@H]1Oc2ccccc2[C@@H]2CC(c3ccc(Cl)cc3)=NN12. The third-order valence-corrected chi connectivity index (χ3v) is 5.73. The van der Waals surface area contributed by atoms with E-state index >= 15 is 0 Å². The third-order valence-electron chi connectivity index (χ3n) is 5.23. The molecular formula is C23H16Cl2N2O2. The first kappa shape index (κ1) is 18.2. The minimum absolute atomic E-state index is 0.0631. The number of ether oxygens (including phenoxy) is 1. The van der Waals surface area contributed by atoms with Crippen LogP contribution in [-0.4, -0.2) is 22.7 Å². The normalized spacial score (nSPS) is 19.8. The predicted octanol–water partition coefficient (Wildman–Crippen LogP) is 5.75. The van der Waals surface area contributed by atoms with Gasteiger partial charge in [0.25, 0.3) is 6.23 Å². The molecule has 0 saturated carbocycles. The molecule has 0 saturated heterocycles. The fraction of sp³-hybridized carbons (Fsp3) is 0.130. The van der Waals surface area contributed by atoms with Crippen LogP contribution in [0, 0.1) is 0 Å². The molecule has 0 radical (unpaired) electrons. The van der Waals surface area contributed by atoms with Crippen LogP contribution >= 0.6 is 23.2 Å². The Labute approximate surface area is 178 Å². The number of para-hydroxylation sites is 1. The molecule has 0 bridgehead atoms. The number of carbonyl (C=O) groups excluding carboxylic acids is 1. The van der Waals surface area contributed by atoms with Gasteiger partial charge in [-0.25, -0.2) is 5.01 Å². The highest BCUT2D eigenvalue weighted by Gasteiger charge is 2.43. The lowest BCUT2D eigenvalue weighted by molar-refractivity contribution is -0.00455. The van der Waals surface area contributed by atoms with Crippen molar-refractivity contribution >= 4 is 34.7 Å². The molecule has 0 aromatic heterocycles. The Morgan fingerprint density at radius 1 is 0.931 bits per heavy atom. The average Bonchev–Trinajstić information content (AvgIpc) is 3.19. The first-order chi connectivity index (χ1) is 14.1. The van der Waals surface area contributed by atoms with Gasteiger partial charge in [-0.2, -0.15) is 5.10 Å². The van der Waals surface area contributed by atoms with Gasteiger partial charge in [-0.15, -0.1) is 0 Å². The average molecular weight is 423 g/mol. The smallest absolute Gasteiger partial charge is 0.251 e. The van der Waals surface area contributed by atoms with Gasteiger partial charge in [0.05, 0.1) is 11.8 Å². The highest BCUT2D eigenvalue weighted by atomic mass is 35.5. The van der Waals surface area contributed by atoms with Crippen molar-refractivity contribution in [2.75, 3.05) is 0 Å². The lowest BCUT2D eigenvalue weighted by Gasteiger charge is -2.37. The fourth-order valence-corrected chi connectivity index (χ4v) is 4.03. The lowest BCUT2D eigenvalue weighted by Crippen LogP contribution is -2.45. The molecule has 6 heteroatoms. The Morgan fingerprint density at radius 3 is 2.31 bits per heavy atom. The summed E-state index contributed by atoms with van der Waals surface area (Å²) >= 11 is 12.0. The number of carbonyl (C=O) groups is 1. The first-order valence-corrected chi connectivity index (χ1v) is 10.0. The van der Waals surface area contributed by atoms with E-state index in [1.165, 1.54) is 0 Å². The van der Waals surface area contributed by atoms with Crippen molar-refractivity contribution in [1.29, 1.82) is 0 Å². The van der Waals surface area contributed by atoms with Gasteiger partial charge >= 0.3 is 0 Å². The van der Waals surface area contributed by atoms with Gasteiger partial charge < -0.3 is 4.74 Å². The highest BCUT2D eigenvalue weighted by molar-refractivity contribution is 6.31. The van der Waals surface area contributed by atoms with Crippen molar-refractivity contribution in [2.24, 2.45) is 5.10 Å². The van der Waals surface area contributed by atoms with Crippen LogP contribution in [0.5, 0.6) is 5.75 Å². The van der Waals surface area contributed by atoms with Crippen LogP contribution < -0.4 is 4.74 Å². The van der Waals surface area contributed by atoms with E-state index in [0.717, 1.165) is 16.8 Å². The summed E-state index contributed by atoms with van der Waals surface area (Å²) in [5.74, 6) is 0.566. The number of nitrogens with zero attached hydrogens (tertiary/aromatic N) is 2. The van der Waals surface area contributed by atoms with Crippen molar-refractivity contribution < 1.29 is 9.53 Å². The largest absolute Gasteiger partial charge is 0.461 e. The molecule has 144 valence electrons. The molecule has 0 unspecified atom stereocenters. The number of hydrogen-bond acceptors (Lipinski definition) is 4. The van der Waals surface area contributed by atoms with Gasteiger partial charge in [-0.1, -0.05) is 53.5 Å². The van der Waals surface area contributed by atoms with E-state index in [4.69, 9.17) is 33.0 Å². The molecule has 3 aromatic carbocycles. The van der Waals surface area contributed by atoms with Crippen molar-refractivity contribution in [2.45, 2.75) is 18.7 Å². The van der Waals surface area contributed by atoms with Gasteiger partial charge in [0, 0.05) is 27.6 Å². The van der Waals surface area contributed by atoms with Crippen molar-refractivity contribution in [1.82, 2.24) is 5.01 Å². The lowest BCUT2D eigenvalue weighted by atomic mass is 9.96. The Bertz CT molecular complexity index is 1110. The second-order valence-electron chi connectivity index (χ2n) is 7.03. The quantitative estimate of drug-likeness (QED) is 0.504. The summed E-state index contributed by atoms with van der Waals surface area (Å²) in [6.07, 6.45) is -0.146. The number of fused-ring (bicyclic) bond motifs is 3. The molecule has 2 heterocycles. The van der Waals surface area contributed by atoms with Crippen molar-refractivity contribution in [3.8, 4) is 5.75 Å². The van der Waals surface area contributed by atoms with Crippen LogP contribution in [0.4, 0.5) is 0 Å². The standard InChI is InChI=1S/C23H16Cl2N2O2/c24-16-9-5-14(6-10-16)19-13-20-18-3-1-2-4-21(18)29-23(27(20)26-19)22(28)15-7-11-17(25)12-8-15/h1-12,20,23H,13H2/t20-,23+/m0/s1. The molecule has 0 spiro atoms. The summed E-state index contributed by atoms with van der Waals surface area (Å²) < 4.78 is 6.11. The summed E-state index contributed by atoms with van der Waals surface area (Å²) in [5.41, 5.74) is 3.45. The van der Waals surface area contributed by atoms with Gasteiger partial charge in [0.2, 0.25) is 5.78 Å². The van der Waals surface area contributed by atoms with Crippen LogP contribution in [0.15, 0.2) is 77.9 Å². The van der Waals surface area contributed by atoms with Gasteiger partial charge in [0.15, 0.2) is 0 Å². The van der Waals surface area contributed by atoms with Crippen molar-refractivity contribution in [3.05, 3.63) is 99.5 Å². The van der Waals surface area contributed by atoms with Gasteiger partial charge in [0.1, 0.15) is 5.75 Å².